The molecule has 0 heterocycles. The van der Waals surface area contributed by atoms with E-state index in [4.69, 9.17) is 27.9 Å². The first kappa shape index (κ1) is 25.0. The predicted octanol–water partition coefficient (Wildman–Crippen LogP) is 5.40. The first-order chi connectivity index (χ1) is 14.8. The molecule has 0 unspecified atom stereocenters. The van der Waals surface area contributed by atoms with Crippen LogP contribution in [-0.4, -0.2) is 35.9 Å². The largest absolute Gasteiger partial charge is 0.484 e. The summed E-state index contributed by atoms with van der Waals surface area (Å²) in [4.78, 5) is 27.5. The van der Waals surface area contributed by atoms with Gasteiger partial charge in [0.1, 0.15) is 11.8 Å². The Morgan fingerprint density at radius 3 is 2.42 bits per heavy atom. The van der Waals surface area contributed by atoms with Crippen molar-refractivity contribution in [3.63, 3.8) is 0 Å². The van der Waals surface area contributed by atoms with Gasteiger partial charge in [-0.3, -0.25) is 9.59 Å². The van der Waals surface area contributed by atoms with Gasteiger partial charge in [0.2, 0.25) is 5.91 Å². The summed E-state index contributed by atoms with van der Waals surface area (Å²) in [5, 5.41) is 4.20. The van der Waals surface area contributed by atoms with E-state index in [9.17, 15) is 9.59 Å². The fraction of sp³-hybridized carbons (Fsp3) is 0.417. The molecule has 7 heteroatoms. The molecule has 0 fully saturated rings. The van der Waals surface area contributed by atoms with E-state index in [-0.39, 0.29) is 18.4 Å². The van der Waals surface area contributed by atoms with Gasteiger partial charge in [-0.25, -0.2) is 0 Å². The number of benzene rings is 2. The van der Waals surface area contributed by atoms with Crippen LogP contribution in [0.1, 0.15) is 44.2 Å². The molecule has 2 aromatic rings. The first-order valence-corrected chi connectivity index (χ1v) is 11.3. The summed E-state index contributed by atoms with van der Waals surface area (Å²) in [6.45, 7) is 6.55. The van der Waals surface area contributed by atoms with Crippen LogP contribution in [-0.2, 0) is 16.1 Å². The number of carbonyl (C=O) groups excluding carboxylic acids is 2. The number of amides is 2. The molecule has 2 rings (SSSR count). The second-order valence-electron chi connectivity index (χ2n) is 7.42. The minimum absolute atomic E-state index is 0.152. The van der Waals surface area contributed by atoms with Gasteiger partial charge in [-0.15, -0.1) is 0 Å². The molecule has 0 aliphatic rings. The molecule has 2 aromatic carbocycles. The van der Waals surface area contributed by atoms with Crippen LogP contribution in [0.3, 0.4) is 0 Å². The number of carbonyl (C=O) groups is 2. The minimum Gasteiger partial charge on any atom is -0.484 e. The molecule has 0 radical (unpaired) electrons. The van der Waals surface area contributed by atoms with Crippen LogP contribution < -0.4 is 10.1 Å². The Hall–Kier alpha value is -2.24. The molecule has 0 aromatic heterocycles. The predicted molar refractivity (Wildman–Crippen MR) is 126 cm³/mol. The Morgan fingerprint density at radius 1 is 1.10 bits per heavy atom. The molecule has 2 amide bonds. The second-order valence-corrected chi connectivity index (χ2v) is 8.26. The molecule has 0 saturated carbocycles. The summed E-state index contributed by atoms with van der Waals surface area (Å²) in [5.41, 5.74) is 1.76. The maximum Gasteiger partial charge on any atom is 0.261 e. The van der Waals surface area contributed by atoms with Gasteiger partial charge in [0.05, 0.1) is 0 Å². The van der Waals surface area contributed by atoms with Gasteiger partial charge in [-0.1, -0.05) is 55.6 Å². The fourth-order valence-corrected chi connectivity index (χ4v) is 3.39. The Morgan fingerprint density at radius 2 is 1.81 bits per heavy atom. The summed E-state index contributed by atoms with van der Waals surface area (Å²) in [6, 6.07) is 11.9. The number of hydrogen-bond acceptors (Lipinski definition) is 3. The lowest BCUT2D eigenvalue weighted by molar-refractivity contribution is -0.143. The van der Waals surface area contributed by atoms with E-state index in [1.165, 1.54) is 0 Å². The first-order valence-electron chi connectivity index (χ1n) is 10.6. The number of aryl methyl sites for hydroxylation is 1. The average Bonchev–Trinajstić information content (AvgIpc) is 2.75. The van der Waals surface area contributed by atoms with Crippen LogP contribution in [0.25, 0.3) is 0 Å². The summed E-state index contributed by atoms with van der Waals surface area (Å²) >= 11 is 12.0. The van der Waals surface area contributed by atoms with E-state index in [1.54, 1.807) is 35.2 Å². The molecule has 1 atom stereocenters. The quantitative estimate of drug-likeness (QED) is 0.452. The SMILES string of the molecule is CCCCNC(=O)[C@@H](CC)N(Cc1ccc(Cl)cc1)C(=O)COc1ccc(Cl)c(C)c1. The Kier molecular flexibility index (Phi) is 10.2. The van der Waals surface area contributed by atoms with E-state index >= 15 is 0 Å². The molecule has 5 nitrogen and oxygen atoms in total. The molecular formula is C24H30Cl2N2O3. The zero-order chi connectivity index (χ0) is 22.8. The van der Waals surface area contributed by atoms with Crippen molar-refractivity contribution in [1.29, 1.82) is 0 Å². The monoisotopic (exact) mass is 464 g/mol. The third-order valence-corrected chi connectivity index (χ3v) is 5.65. The highest BCUT2D eigenvalue weighted by Gasteiger charge is 2.28. The maximum atomic E-state index is 13.1. The number of ether oxygens (including phenoxy) is 1. The van der Waals surface area contributed by atoms with Crippen molar-refractivity contribution >= 4 is 35.0 Å². The van der Waals surface area contributed by atoms with Crippen LogP contribution in [0.15, 0.2) is 42.5 Å². The number of nitrogens with one attached hydrogen (secondary N) is 1. The summed E-state index contributed by atoms with van der Waals surface area (Å²) in [7, 11) is 0. The van der Waals surface area contributed by atoms with Crippen molar-refractivity contribution in [3.05, 3.63) is 63.6 Å². The van der Waals surface area contributed by atoms with Crippen molar-refractivity contribution in [2.75, 3.05) is 13.2 Å². The number of nitrogens with zero attached hydrogens (tertiary/aromatic N) is 1. The van der Waals surface area contributed by atoms with Crippen LogP contribution >= 0.6 is 23.2 Å². The van der Waals surface area contributed by atoms with Crippen molar-refractivity contribution in [1.82, 2.24) is 10.2 Å². The van der Waals surface area contributed by atoms with Crippen molar-refractivity contribution in [2.24, 2.45) is 0 Å². The molecule has 0 aliphatic heterocycles. The van der Waals surface area contributed by atoms with Crippen LogP contribution in [0, 0.1) is 6.92 Å². The highest BCUT2D eigenvalue weighted by atomic mass is 35.5. The number of hydrogen-bond donors (Lipinski definition) is 1. The molecule has 1 N–H and O–H groups in total. The molecule has 31 heavy (non-hydrogen) atoms. The highest BCUT2D eigenvalue weighted by molar-refractivity contribution is 6.31. The van der Waals surface area contributed by atoms with Gasteiger partial charge in [0.25, 0.3) is 5.91 Å². The number of rotatable bonds is 11. The fourth-order valence-electron chi connectivity index (χ4n) is 3.15. The van der Waals surface area contributed by atoms with Gasteiger partial charge >= 0.3 is 0 Å². The normalized spacial score (nSPS) is 11.6. The second kappa shape index (κ2) is 12.6. The molecular weight excluding hydrogens is 435 g/mol. The zero-order valence-electron chi connectivity index (χ0n) is 18.3. The molecule has 0 bridgehead atoms. The zero-order valence-corrected chi connectivity index (χ0v) is 19.8. The summed E-state index contributed by atoms with van der Waals surface area (Å²) in [6.07, 6.45) is 2.38. The lowest BCUT2D eigenvalue weighted by atomic mass is 10.1. The molecule has 0 aliphatic carbocycles. The lowest BCUT2D eigenvalue weighted by Gasteiger charge is -2.30. The smallest absolute Gasteiger partial charge is 0.261 e. The van der Waals surface area contributed by atoms with Gasteiger partial charge in [0.15, 0.2) is 6.61 Å². The Bertz CT molecular complexity index is 872. The average molecular weight is 465 g/mol. The minimum atomic E-state index is -0.587. The van der Waals surface area contributed by atoms with E-state index in [0.29, 0.717) is 35.3 Å². The highest BCUT2D eigenvalue weighted by Crippen LogP contribution is 2.21. The third kappa shape index (κ3) is 7.75. The van der Waals surface area contributed by atoms with E-state index in [2.05, 4.69) is 12.2 Å². The van der Waals surface area contributed by atoms with Crippen LogP contribution in [0.2, 0.25) is 10.0 Å². The standard InChI is InChI=1S/C24H30Cl2N2O3/c1-4-6-13-27-24(30)22(5-2)28(15-18-7-9-19(25)10-8-18)23(29)16-31-20-11-12-21(26)17(3)14-20/h7-12,14,22H,4-6,13,15-16H2,1-3H3,(H,27,30)/t22-/m1/s1. The molecule has 0 spiro atoms. The van der Waals surface area contributed by atoms with Crippen LogP contribution in [0.5, 0.6) is 5.75 Å². The molecule has 168 valence electrons. The summed E-state index contributed by atoms with van der Waals surface area (Å²) in [5.74, 6) is 0.141. The Labute approximate surface area is 194 Å². The topological polar surface area (TPSA) is 58.6 Å². The van der Waals surface area contributed by atoms with Crippen molar-refractivity contribution < 1.29 is 14.3 Å². The summed E-state index contributed by atoms with van der Waals surface area (Å²) < 4.78 is 5.71. The van der Waals surface area contributed by atoms with E-state index < -0.39 is 6.04 Å². The van der Waals surface area contributed by atoms with Gasteiger partial charge in [-0.2, -0.15) is 0 Å². The lowest BCUT2D eigenvalue weighted by Crippen LogP contribution is -2.50. The van der Waals surface area contributed by atoms with Gasteiger partial charge < -0.3 is 15.0 Å². The van der Waals surface area contributed by atoms with E-state index in [0.717, 1.165) is 24.0 Å². The number of halogens is 2. The van der Waals surface area contributed by atoms with Gasteiger partial charge in [-0.05, 0) is 61.2 Å². The third-order valence-electron chi connectivity index (χ3n) is 4.97. The van der Waals surface area contributed by atoms with Gasteiger partial charge in [0, 0.05) is 23.1 Å². The number of unbranched alkanes of at least 4 members (excludes halogenated alkanes) is 1. The molecule has 0 saturated heterocycles. The van der Waals surface area contributed by atoms with Crippen molar-refractivity contribution in [3.8, 4) is 5.75 Å². The van der Waals surface area contributed by atoms with Crippen LogP contribution in [0.4, 0.5) is 0 Å². The Balaban J connectivity index is 2.17. The van der Waals surface area contributed by atoms with E-state index in [1.807, 2.05) is 26.0 Å². The maximum absolute atomic E-state index is 13.1. The van der Waals surface area contributed by atoms with Crippen molar-refractivity contribution in [2.45, 2.75) is 52.6 Å².